The molecule has 1 aromatic carbocycles. The van der Waals surface area contributed by atoms with Crippen LogP contribution in [0.15, 0.2) is 18.2 Å². The van der Waals surface area contributed by atoms with E-state index in [0.717, 1.165) is 0 Å². The van der Waals surface area contributed by atoms with E-state index >= 15 is 0 Å². The highest BCUT2D eigenvalue weighted by atomic mass is 16.7. The Kier molecular flexibility index (Phi) is 3.61. The molecule has 0 bridgehead atoms. The molecule has 0 atom stereocenters. The molecular weight excluding hydrogens is 224 g/mol. The molecule has 1 aliphatic heterocycles. The van der Waals surface area contributed by atoms with Gasteiger partial charge < -0.3 is 18.9 Å². The maximum atomic E-state index is 11.1. The minimum Gasteiger partial charge on any atom is -0.493 e. The summed E-state index contributed by atoms with van der Waals surface area (Å²) in [6, 6.07) is 5.31. The molecule has 0 radical (unpaired) electrons. The van der Waals surface area contributed by atoms with E-state index in [9.17, 15) is 4.79 Å². The molecule has 17 heavy (non-hydrogen) atoms. The van der Waals surface area contributed by atoms with E-state index in [1.807, 2.05) is 0 Å². The molecule has 0 saturated carbocycles. The summed E-state index contributed by atoms with van der Waals surface area (Å²) in [6.07, 6.45) is -0.501. The Labute approximate surface area is 99.2 Å². The quantitative estimate of drug-likeness (QED) is 0.592. The Balaban J connectivity index is 2.37. The van der Waals surface area contributed by atoms with Crippen molar-refractivity contribution in [2.45, 2.75) is 13.2 Å². The van der Waals surface area contributed by atoms with Crippen LogP contribution in [0.2, 0.25) is 0 Å². The Morgan fingerprint density at radius 2 is 2.06 bits per heavy atom. The predicted octanol–water partition coefficient (Wildman–Crippen LogP) is 1.67. The zero-order valence-corrected chi connectivity index (χ0v) is 9.76. The van der Waals surface area contributed by atoms with Crippen molar-refractivity contribution in [3.63, 3.8) is 0 Å². The van der Waals surface area contributed by atoms with Gasteiger partial charge in [0.2, 0.25) is 0 Å². The van der Waals surface area contributed by atoms with Crippen molar-refractivity contribution in [3.8, 4) is 11.5 Å². The first-order valence-corrected chi connectivity index (χ1v) is 5.31. The third-order valence-electron chi connectivity index (χ3n) is 2.35. The summed E-state index contributed by atoms with van der Waals surface area (Å²) in [4.78, 5) is 11.1. The summed E-state index contributed by atoms with van der Waals surface area (Å²) in [5, 5.41) is 0. The number of hydrogen-bond acceptors (Lipinski definition) is 5. The maximum absolute atomic E-state index is 11.1. The van der Waals surface area contributed by atoms with Gasteiger partial charge in [0.25, 0.3) is 0 Å². The van der Waals surface area contributed by atoms with Gasteiger partial charge >= 0.3 is 5.97 Å². The molecule has 2 rings (SSSR count). The fourth-order valence-corrected chi connectivity index (χ4v) is 1.67. The largest absolute Gasteiger partial charge is 0.493 e. The molecule has 1 fully saturated rings. The van der Waals surface area contributed by atoms with Gasteiger partial charge in [-0.25, -0.2) is 0 Å². The zero-order valence-electron chi connectivity index (χ0n) is 9.76. The standard InChI is InChI=1S/C12H14O5/c1-8(13)17-11-9(12-15-6-7-16-12)4-3-5-10(11)14-2/h3-5,12H,6-7H2,1-2H3. The van der Waals surface area contributed by atoms with Crippen molar-refractivity contribution in [2.75, 3.05) is 20.3 Å². The van der Waals surface area contributed by atoms with Gasteiger partial charge in [-0.1, -0.05) is 6.07 Å². The maximum Gasteiger partial charge on any atom is 0.308 e. The lowest BCUT2D eigenvalue weighted by Crippen LogP contribution is -2.08. The van der Waals surface area contributed by atoms with E-state index in [1.165, 1.54) is 14.0 Å². The number of carbonyl (C=O) groups is 1. The topological polar surface area (TPSA) is 54.0 Å². The van der Waals surface area contributed by atoms with Gasteiger partial charge in [0.1, 0.15) is 0 Å². The first-order chi connectivity index (χ1) is 8.22. The molecule has 5 nitrogen and oxygen atoms in total. The first-order valence-electron chi connectivity index (χ1n) is 5.31. The van der Waals surface area contributed by atoms with E-state index in [0.29, 0.717) is 30.3 Å². The molecule has 0 amide bonds. The number of ether oxygens (including phenoxy) is 4. The number of para-hydroxylation sites is 1. The summed E-state index contributed by atoms with van der Waals surface area (Å²) < 4.78 is 21.1. The SMILES string of the molecule is COc1cccc(C2OCCO2)c1OC(C)=O. The highest BCUT2D eigenvalue weighted by Gasteiger charge is 2.25. The van der Waals surface area contributed by atoms with Gasteiger partial charge in [-0.3, -0.25) is 4.79 Å². The van der Waals surface area contributed by atoms with Crippen LogP contribution in [0.5, 0.6) is 11.5 Å². The van der Waals surface area contributed by atoms with Crippen LogP contribution < -0.4 is 9.47 Å². The zero-order chi connectivity index (χ0) is 12.3. The van der Waals surface area contributed by atoms with Crippen molar-refractivity contribution in [3.05, 3.63) is 23.8 Å². The number of methoxy groups -OCH3 is 1. The molecule has 1 heterocycles. The summed E-state index contributed by atoms with van der Waals surface area (Å²) in [5.74, 6) is 0.431. The van der Waals surface area contributed by atoms with Gasteiger partial charge in [0, 0.05) is 6.92 Å². The van der Waals surface area contributed by atoms with Crippen LogP contribution in [-0.4, -0.2) is 26.3 Å². The summed E-state index contributed by atoms with van der Waals surface area (Å²) in [6.45, 7) is 2.40. The summed E-state index contributed by atoms with van der Waals surface area (Å²) >= 11 is 0. The van der Waals surface area contributed by atoms with Crippen molar-refractivity contribution >= 4 is 5.97 Å². The molecule has 1 aromatic rings. The molecule has 1 aliphatic rings. The van der Waals surface area contributed by atoms with Crippen molar-refractivity contribution < 1.29 is 23.7 Å². The van der Waals surface area contributed by atoms with Gasteiger partial charge in [-0.05, 0) is 12.1 Å². The lowest BCUT2D eigenvalue weighted by Gasteiger charge is -2.16. The first kappa shape index (κ1) is 11.9. The summed E-state index contributed by atoms with van der Waals surface area (Å²) in [7, 11) is 1.52. The normalized spacial score (nSPS) is 15.9. The Morgan fingerprint density at radius 1 is 1.35 bits per heavy atom. The molecular formula is C12H14O5. The third kappa shape index (κ3) is 2.57. The highest BCUT2D eigenvalue weighted by molar-refractivity contribution is 5.71. The van der Waals surface area contributed by atoms with E-state index in [-0.39, 0.29) is 0 Å². The third-order valence-corrected chi connectivity index (χ3v) is 2.35. The van der Waals surface area contributed by atoms with Crippen molar-refractivity contribution in [2.24, 2.45) is 0 Å². The van der Waals surface area contributed by atoms with Gasteiger partial charge in [-0.2, -0.15) is 0 Å². The Hall–Kier alpha value is -1.59. The fraction of sp³-hybridized carbons (Fsp3) is 0.417. The van der Waals surface area contributed by atoms with Crippen LogP contribution in [0.1, 0.15) is 18.8 Å². The molecule has 1 saturated heterocycles. The lowest BCUT2D eigenvalue weighted by molar-refractivity contribution is -0.132. The monoisotopic (exact) mass is 238 g/mol. The molecule has 0 N–H and O–H groups in total. The van der Waals surface area contributed by atoms with Crippen LogP contribution in [0.4, 0.5) is 0 Å². The smallest absolute Gasteiger partial charge is 0.308 e. The second kappa shape index (κ2) is 5.16. The average Bonchev–Trinajstić information content (AvgIpc) is 2.82. The van der Waals surface area contributed by atoms with Gasteiger partial charge in [0.05, 0.1) is 25.9 Å². The second-order valence-corrected chi connectivity index (χ2v) is 3.55. The van der Waals surface area contributed by atoms with Crippen LogP contribution in [0, 0.1) is 0 Å². The average molecular weight is 238 g/mol. The molecule has 0 aliphatic carbocycles. The minimum atomic E-state index is -0.501. The van der Waals surface area contributed by atoms with Crippen molar-refractivity contribution in [1.82, 2.24) is 0 Å². The number of benzene rings is 1. The van der Waals surface area contributed by atoms with Crippen molar-refractivity contribution in [1.29, 1.82) is 0 Å². The lowest BCUT2D eigenvalue weighted by atomic mass is 10.1. The second-order valence-electron chi connectivity index (χ2n) is 3.55. The number of esters is 1. The van der Waals surface area contributed by atoms with Crippen LogP contribution in [-0.2, 0) is 14.3 Å². The number of carbonyl (C=O) groups excluding carboxylic acids is 1. The number of rotatable bonds is 3. The Morgan fingerprint density at radius 3 is 2.65 bits per heavy atom. The van der Waals surface area contributed by atoms with E-state index in [4.69, 9.17) is 18.9 Å². The fourth-order valence-electron chi connectivity index (χ4n) is 1.67. The molecule has 92 valence electrons. The molecule has 5 heteroatoms. The van der Waals surface area contributed by atoms with Crippen LogP contribution >= 0.6 is 0 Å². The van der Waals surface area contributed by atoms with Crippen LogP contribution in [0.25, 0.3) is 0 Å². The van der Waals surface area contributed by atoms with Crippen LogP contribution in [0.3, 0.4) is 0 Å². The highest BCUT2D eigenvalue weighted by Crippen LogP contribution is 2.38. The Bertz CT molecular complexity index is 409. The molecule has 0 spiro atoms. The van der Waals surface area contributed by atoms with E-state index in [2.05, 4.69) is 0 Å². The van der Waals surface area contributed by atoms with E-state index < -0.39 is 12.3 Å². The van der Waals surface area contributed by atoms with E-state index in [1.54, 1.807) is 18.2 Å². The van der Waals surface area contributed by atoms with Gasteiger partial charge in [-0.15, -0.1) is 0 Å². The summed E-state index contributed by atoms with van der Waals surface area (Å²) in [5.41, 5.74) is 0.664. The molecule has 0 aromatic heterocycles. The minimum absolute atomic E-state index is 0.356. The molecule has 0 unspecified atom stereocenters. The number of hydrogen-bond donors (Lipinski definition) is 0. The van der Waals surface area contributed by atoms with Gasteiger partial charge in [0.15, 0.2) is 17.8 Å². The predicted molar refractivity (Wildman–Crippen MR) is 58.9 cm³/mol.